The smallest absolute Gasteiger partial charge is 0.296 e. The molecule has 0 spiro atoms. The molecule has 7 aromatic rings. The summed E-state index contributed by atoms with van der Waals surface area (Å²) < 4.78 is 54.1. The number of rotatable bonds is 15. The summed E-state index contributed by atoms with van der Waals surface area (Å²) in [5.41, 5.74) is 6.68. The Bertz CT molecular complexity index is 2380. The summed E-state index contributed by atoms with van der Waals surface area (Å²) >= 11 is 3.14. The highest BCUT2D eigenvalue weighted by Gasteiger charge is 2.14. The van der Waals surface area contributed by atoms with Gasteiger partial charge >= 0.3 is 0 Å². The first kappa shape index (κ1) is 38.6. The van der Waals surface area contributed by atoms with E-state index < -0.39 is 10.1 Å². The topological polar surface area (TPSA) is 132 Å². The van der Waals surface area contributed by atoms with Gasteiger partial charge in [0, 0.05) is 42.7 Å². The highest BCUT2D eigenvalue weighted by atomic mass is 32.2. The van der Waals surface area contributed by atoms with Gasteiger partial charge in [0.05, 0.1) is 31.9 Å². The predicted molar refractivity (Wildman–Crippen MR) is 216 cm³/mol. The normalized spacial score (nSPS) is 11.3. The summed E-state index contributed by atoms with van der Waals surface area (Å²) in [6.45, 7) is 2.75. The van der Waals surface area contributed by atoms with Crippen LogP contribution >= 0.6 is 22.7 Å². The summed E-state index contributed by atoms with van der Waals surface area (Å²) in [6.07, 6.45) is 0.554. The molecule has 0 amide bonds. The molecule has 0 unspecified atom stereocenters. The summed E-state index contributed by atoms with van der Waals surface area (Å²) in [7, 11) is -2.13. The van der Waals surface area contributed by atoms with Crippen LogP contribution in [0.15, 0.2) is 114 Å². The monoisotopic (exact) mass is 785 g/mol. The molecule has 54 heavy (non-hydrogen) atoms. The molecule has 10 nitrogen and oxygen atoms in total. The van der Waals surface area contributed by atoms with Gasteiger partial charge in [0.15, 0.2) is 6.79 Å². The molecule has 0 aliphatic heterocycles. The lowest BCUT2D eigenvalue weighted by Crippen LogP contribution is -2.11. The zero-order valence-corrected chi connectivity index (χ0v) is 32.1. The predicted octanol–water partition coefficient (Wildman–Crippen LogP) is 9.51. The zero-order valence-electron chi connectivity index (χ0n) is 29.6. The maximum Gasteiger partial charge on any atom is 0.296 e. The lowest BCUT2D eigenvalue weighted by atomic mass is 10.2. The minimum atomic E-state index is -3.72. The number of aromatic nitrogens is 2. The van der Waals surface area contributed by atoms with Crippen molar-refractivity contribution in [2.24, 2.45) is 0 Å². The molecule has 280 valence electrons. The van der Waals surface area contributed by atoms with Crippen LogP contribution in [0.1, 0.15) is 12.0 Å². The van der Waals surface area contributed by atoms with E-state index in [0.717, 1.165) is 64.3 Å². The van der Waals surface area contributed by atoms with E-state index in [1.165, 1.54) is 11.3 Å². The maximum atomic E-state index is 12.2. The first-order valence-corrected chi connectivity index (χ1v) is 20.1. The molecule has 2 aromatic heterocycles. The number of halogens is 1. The fourth-order valence-electron chi connectivity index (χ4n) is 5.18. The molecule has 0 atom stereocenters. The SMILES string of the molecule is COCOc1ccc2nc(-c3ccc(NCCCOS(=O)(=O)c4ccc(C)cc4)cc3)sc2c1.Oc1ccc2nc(-c3ccc(NCC[18F])cc3)sc2c1. The number of aryl methyl sites for hydroxylation is 1. The van der Waals surface area contributed by atoms with Gasteiger partial charge in [0.25, 0.3) is 10.1 Å². The number of benzene rings is 5. The minimum absolute atomic E-state index is 0.114. The number of hydrogen-bond donors (Lipinski definition) is 3. The van der Waals surface area contributed by atoms with Crippen molar-refractivity contribution in [1.29, 1.82) is 0 Å². The van der Waals surface area contributed by atoms with Crippen molar-refractivity contribution >= 4 is 64.6 Å². The number of nitrogens with one attached hydrogen (secondary N) is 2. The summed E-state index contributed by atoms with van der Waals surface area (Å²) in [5, 5.41) is 17.6. The summed E-state index contributed by atoms with van der Waals surface area (Å²) in [5.74, 6) is 0.998. The van der Waals surface area contributed by atoms with Crippen LogP contribution in [-0.2, 0) is 19.0 Å². The third-order valence-electron chi connectivity index (χ3n) is 7.96. The first-order chi connectivity index (χ1) is 26.2. The van der Waals surface area contributed by atoms with Crippen LogP contribution in [0.5, 0.6) is 11.5 Å². The van der Waals surface area contributed by atoms with Gasteiger partial charge in [-0.3, -0.25) is 4.18 Å². The van der Waals surface area contributed by atoms with Crippen molar-refractivity contribution < 1.29 is 31.6 Å². The Morgan fingerprint density at radius 2 is 1.31 bits per heavy atom. The van der Waals surface area contributed by atoms with Crippen molar-refractivity contribution in [1.82, 2.24) is 9.97 Å². The number of thiazole rings is 2. The van der Waals surface area contributed by atoms with Crippen LogP contribution in [0.25, 0.3) is 41.6 Å². The van der Waals surface area contributed by atoms with E-state index in [9.17, 15) is 17.9 Å². The number of aromatic hydroxyl groups is 1. The van der Waals surface area contributed by atoms with Gasteiger partial charge in [0.1, 0.15) is 28.2 Å². The summed E-state index contributed by atoms with van der Waals surface area (Å²) in [6, 6.07) is 33.3. The van der Waals surface area contributed by atoms with Gasteiger partial charge in [0.2, 0.25) is 0 Å². The minimum Gasteiger partial charge on any atom is -0.508 e. The Balaban J connectivity index is 0.000000210. The number of fused-ring (bicyclic) bond motifs is 2. The molecular weight excluding hydrogens is 747 g/mol. The molecule has 0 aliphatic carbocycles. The fourth-order valence-corrected chi connectivity index (χ4v) is 8.13. The number of hydrogen-bond acceptors (Lipinski definition) is 12. The maximum absolute atomic E-state index is 12.2. The number of phenolic OH excluding ortho intramolecular Hbond substituents is 1. The van der Waals surface area contributed by atoms with E-state index in [-0.39, 0.29) is 30.7 Å². The van der Waals surface area contributed by atoms with Crippen molar-refractivity contribution in [3.05, 3.63) is 115 Å². The Morgan fingerprint density at radius 3 is 1.91 bits per heavy atom. The molecule has 0 aliphatic rings. The van der Waals surface area contributed by atoms with E-state index in [1.54, 1.807) is 54.8 Å². The van der Waals surface area contributed by atoms with Crippen LogP contribution in [0.4, 0.5) is 15.8 Å². The molecule has 0 bridgehead atoms. The Labute approximate surface area is 321 Å². The molecule has 2 heterocycles. The molecule has 3 N–H and O–H groups in total. The average molecular weight is 786 g/mol. The van der Waals surface area contributed by atoms with Gasteiger partial charge in [-0.25, -0.2) is 14.4 Å². The van der Waals surface area contributed by atoms with Gasteiger partial charge in [-0.2, -0.15) is 8.42 Å². The Kier molecular flexibility index (Phi) is 13.1. The largest absolute Gasteiger partial charge is 0.508 e. The van der Waals surface area contributed by atoms with Gasteiger partial charge in [-0.1, -0.05) is 17.7 Å². The number of alkyl halides is 1. The lowest BCUT2D eigenvalue weighted by molar-refractivity contribution is 0.0512. The molecule has 0 saturated heterocycles. The van der Waals surface area contributed by atoms with Crippen LogP contribution in [0.3, 0.4) is 0 Å². The second-order valence-electron chi connectivity index (χ2n) is 12.0. The van der Waals surface area contributed by atoms with Crippen molar-refractivity contribution in [2.45, 2.75) is 18.2 Å². The molecule has 7 rings (SSSR count). The van der Waals surface area contributed by atoms with Gasteiger partial charge in [-0.15, -0.1) is 22.7 Å². The zero-order chi connectivity index (χ0) is 37.9. The fraction of sp³-hybridized carbons (Fsp3) is 0.200. The van der Waals surface area contributed by atoms with Gasteiger partial charge in [-0.05, 0) is 110 Å². The highest BCUT2D eigenvalue weighted by Crippen LogP contribution is 2.34. The molecule has 0 radical (unpaired) electrons. The van der Waals surface area contributed by atoms with Crippen LogP contribution in [0, 0.1) is 6.92 Å². The highest BCUT2D eigenvalue weighted by molar-refractivity contribution is 7.86. The lowest BCUT2D eigenvalue weighted by Gasteiger charge is -2.08. The summed E-state index contributed by atoms with van der Waals surface area (Å²) in [4.78, 5) is 9.43. The standard InChI is InChI=1S/C25H26N2O5S2.C15H13FN2OS/c1-18-4-11-22(12-5-18)34(28,29)32-15-3-14-26-20-8-6-19(7-9-20)25-27-23-13-10-21(31-17-30-2)16-24(23)33-25;16-7-8-17-11-3-1-10(2-4-11)15-18-13-6-5-12(19)9-14(13)20-15/h4-13,16,26H,3,14-15,17H2,1-2H3;1-6,9,17,19H,7-8H2/i;16-1. The molecular formula is C40H39FN4O6S3. The van der Waals surface area contributed by atoms with Crippen LogP contribution in [0.2, 0.25) is 0 Å². The molecule has 0 saturated carbocycles. The van der Waals surface area contributed by atoms with E-state index in [2.05, 4.69) is 15.6 Å². The Morgan fingerprint density at radius 1 is 0.741 bits per heavy atom. The second-order valence-corrected chi connectivity index (χ2v) is 15.7. The van der Waals surface area contributed by atoms with Crippen LogP contribution in [-0.4, -0.2) is 63.8 Å². The van der Waals surface area contributed by atoms with E-state index >= 15 is 0 Å². The quantitative estimate of drug-likeness (QED) is 0.0525. The van der Waals surface area contributed by atoms with E-state index in [0.29, 0.717) is 19.5 Å². The van der Waals surface area contributed by atoms with E-state index in [4.69, 9.17) is 18.6 Å². The number of ether oxygens (including phenoxy) is 2. The average Bonchev–Trinajstić information content (AvgIpc) is 3.81. The Hall–Kier alpha value is -5.12. The number of anilines is 2. The van der Waals surface area contributed by atoms with Gasteiger partial charge < -0.3 is 25.2 Å². The van der Waals surface area contributed by atoms with Crippen molar-refractivity contribution in [2.75, 3.05) is 50.9 Å². The molecule has 5 aromatic carbocycles. The third-order valence-corrected chi connectivity index (χ3v) is 11.4. The number of phenols is 1. The van der Waals surface area contributed by atoms with Crippen molar-refractivity contribution in [3.63, 3.8) is 0 Å². The van der Waals surface area contributed by atoms with E-state index in [1.807, 2.05) is 79.7 Å². The number of nitrogens with zero attached hydrogens (tertiary/aromatic N) is 2. The van der Waals surface area contributed by atoms with Crippen LogP contribution < -0.4 is 15.4 Å². The molecule has 14 heteroatoms. The van der Waals surface area contributed by atoms with Crippen molar-refractivity contribution in [3.8, 4) is 32.6 Å². The first-order valence-electron chi connectivity index (χ1n) is 17.0. The molecule has 0 fully saturated rings. The third kappa shape index (κ3) is 10.3. The number of methoxy groups -OCH3 is 1. The second kappa shape index (κ2) is 18.3.